The van der Waals surface area contributed by atoms with Crippen LogP contribution < -0.4 is 0 Å². The number of ketones is 1. The lowest BCUT2D eigenvalue weighted by Gasteiger charge is -2.11. The Morgan fingerprint density at radius 2 is 1.68 bits per heavy atom. The normalized spacial score (nSPS) is 12.1. The van der Waals surface area contributed by atoms with E-state index in [2.05, 4.69) is 19.1 Å². The summed E-state index contributed by atoms with van der Waals surface area (Å²) in [6, 6.07) is 17.8. The fraction of sp³-hybridized carbons (Fsp3) is 0.235. The lowest BCUT2D eigenvalue weighted by Crippen LogP contribution is -2.13. The molecule has 98 valence electrons. The van der Waals surface area contributed by atoms with Crippen LogP contribution in [-0.4, -0.2) is 11.0 Å². The minimum absolute atomic E-state index is 0.0120. The molecule has 0 saturated carbocycles. The van der Waals surface area contributed by atoms with Gasteiger partial charge in [-0.3, -0.25) is 4.79 Å². The summed E-state index contributed by atoms with van der Waals surface area (Å²) in [4.78, 5) is 12.2. The van der Waals surface area contributed by atoms with Gasteiger partial charge in [-0.2, -0.15) is 0 Å². The first kappa shape index (κ1) is 13.9. The highest BCUT2D eigenvalue weighted by Gasteiger charge is 2.15. The highest BCUT2D eigenvalue weighted by atomic mass is 32.2. The molecule has 0 amide bonds. The molecular formula is C17H18OS. The number of carbonyl (C=O) groups is 1. The summed E-state index contributed by atoms with van der Waals surface area (Å²) in [5.41, 5.74) is 3.39. The first-order valence-electron chi connectivity index (χ1n) is 6.44. The zero-order valence-electron chi connectivity index (χ0n) is 11.3. The van der Waals surface area contributed by atoms with Crippen molar-refractivity contribution < 1.29 is 4.79 Å². The van der Waals surface area contributed by atoms with Crippen LogP contribution in [0.5, 0.6) is 0 Å². The Kier molecular flexibility index (Phi) is 4.80. The summed E-state index contributed by atoms with van der Waals surface area (Å²) in [6.45, 7) is 4.10. The van der Waals surface area contributed by atoms with Crippen LogP contribution >= 0.6 is 11.8 Å². The number of carbonyl (C=O) groups excluding carboxylic acids is 1. The second kappa shape index (κ2) is 6.58. The average Bonchev–Trinajstić information content (AvgIpc) is 2.46. The fourth-order valence-corrected chi connectivity index (χ4v) is 2.94. The van der Waals surface area contributed by atoms with E-state index in [1.165, 1.54) is 11.1 Å². The highest BCUT2D eigenvalue weighted by Crippen LogP contribution is 2.22. The van der Waals surface area contributed by atoms with Gasteiger partial charge >= 0.3 is 0 Å². The third-order valence-corrected chi connectivity index (χ3v) is 4.37. The molecule has 0 aliphatic rings. The molecule has 0 aliphatic heterocycles. The quantitative estimate of drug-likeness (QED) is 0.744. The molecule has 19 heavy (non-hydrogen) atoms. The van der Waals surface area contributed by atoms with Crippen molar-refractivity contribution in [2.45, 2.75) is 24.9 Å². The minimum atomic E-state index is -0.0120. The molecule has 0 fully saturated rings. The summed E-state index contributed by atoms with van der Waals surface area (Å²) < 4.78 is 0. The first-order chi connectivity index (χ1) is 9.18. The number of Topliss-reactive ketones (excluding diaryl/α,β-unsaturated/α-hetero) is 1. The van der Waals surface area contributed by atoms with Crippen molar-refractivity contribution in [3.8, 4) is 0 Å². The van der Waals surface area contributed by atoms with Crippen molar-refractivity contribution in [2.75, 3.05) is 0 Å². The number of thioether (sulfide) groups is 1. The van der Waals surface area contributed by atoms with E-state index < -0.39 is 0 Å². The van der Waals surface area contributed by atoms with E-state index >= 15 is 0 Å². The standard InChI is InChI=1S/C17H18OS/c1-13-8-6-7-11-16(13)12-19-14(2)17(18)15-9-4-3-5-10-15/h3-11,14H,12H2,1-2H3/t14-/m1/s1. The van der Waals surface area contributed by atoms with Crippen molar-refractivity contribution in [3.05, 3.63) is 71.3 Å². The van der Waals surface area contributed by atoms with Crippen molar-refractivity contribution >= 4 is 17.5 Å². The molecule has 0 heterocycles. The molecule has 2 aromatic carbocycles. The number of hydrogen-bond acceptors (Lipinski definition) is 2. The topological polar surface area (TPSA) is 17.1 Å². The van der Waals surface area contributed by atoms with E-state index in [-0.39, 0.29) is 11.0 Å². The van der Waals surface area contributed by atoms with Crippen molar-refractivity contribution in [1.82, 2.24) is 0 Å². The highest BCUT2D eigenvalue weighted by molar-refractivity contribution is 7.99. The van der Waals surface area contributed by atoms with Gasteiger partial charge in [0.1, 0.15) is 0 Å². The molecule has 0 spiro atoms. The minimum Gasteiger partial charge on any atom is -0.293 e. The van der Waals surface area contributed by atoms with Gasteiger partial charge in [0, 0.05) is 11.3 Å². The molecular weight excluding hydrogens is 252 g/mol. The Hall–Kier alpha value is -1.54. The molecule has 0 aromatic heterocycles. The van der Waals surface area contributed by atoms with E-state index in [1.807, 2.05) is 49.4 Å². The molecule has 1 atom stereocenters. The predicted octanol–water partition coefficient (Wildman–Crippen LogP) is 4.50. The van der Waals surface area contributed by atoms with Crippen molar-refractivity contribution in [3.63, 3.8) is 0 Å². The summed E-state index contributed by atoms with van der Waals surface area (Å²) >= 11 is 1.70. The Labute approximate surface area is 119 Å². The number of hydrogen-bond donors (Lipinski definition) is 0. The third kappa shape index (κ3) is 3.71. The molecule has 1 nitrogen and oxygen atoms in total. The SMILES string of the molecule is Cc1ccccc1CS[C@H](C)C(=O)c1ccccc1. The zero-order chi connectivity index (χ0) is 13.7. The lowest BCUT2D eigenvalue weighted by molar-refractivity contribution is 0.0994. The van der Waals surface area contributed by atoms with Crippen LogP contribution in [0.2, 0.25) is 0 Å². The number of aryl methyl sites for hydroxylation is 1. The van der Waals surface area contributed by atoms with Crippen LogP contribution in [0.1, 0.15) is 28.4 Å². The van der Waals surface area contributed by atoms with E-state index in [4.69, 9.17) is 0 Å². The van der Waals surface area contributed by atoms with Crippen LogP contribution in [0.4, 0.5) is 0 Å². The smallest absolute Gasteiger partial charge is 0.175 e. The Balaban J connectivity index is 1.97. The van der Waals surface area contributed by atoms with E-state index in [0.29, 0.717) is 0 Å². The summed E-state index contributed by atoms with van der Waals surface area (Å²) in [5.74, 6) is 1.09. The molecule has 0 aliphatic carbocycles. The maximum absolute atomic E-state index is 12.2. The van der Waals surface area contributed by atoms with Crippen LogP contribution in [-0.2, 0) is 5.75 Å². The van der Waals surface area contributed by atoms with Gasteiger partial charge in [-0.1, -0.05) is 54.6 Å². The van der Waals surface area contributed by atoms with E-state index in [9.17, 15) is 4.79 Å². The average molecular weight is 270 g/mol. The largest absolute Gasteiger partial charge is 0.293 e. The summed E-state index contributed by atoms with van der Waals surface area (Å²) in [6.07, 6.45) is 0. The number of rotatable bonds is 5. The maximum Gasteiger partial charge on any atom is 0.175 e. The second-order valence-corrected chi connectivity index (χ2v) is 5.94. The van der Waals surface area contributed by atoms with Crippen molar-refractivity contribution in [1.29, 1.82) is 0 Å². The molecule has 0 saturated heterocycles. The van der Waals surface area contributed by atoms with Gasteiger partial charge in [-0.25, -0.2) is 0 Å². The molecule has 0 unspecified atom stereocenters. The van der Waals surface area contributed by atoms with Gasteiger partial charge in [0.05, 0.1) is 5.25 Å². The Morgan fingerprint density at radius 3 is 2.37 bits per heavy atom. The monoisotopic (exact) mass is 270 g/mol. The lowest BCUT2D eigenvalue weighted by atomic mass is 10.1. The van der Waals surface area contributed by atoms with E-state index in [0.717, 1.165) is 11.3 Å². The molecule has 2 heteroatoms. The second-order valence-electron chi connectivity index (χ2n) is 4.61. The maximum atomic E-state index is 12.2. The molecule has 0 bridgehead atoms. The van der Waals surface area contributed by atoms with Gasteiger partial charge in [0.25, 0.3) is 0 Å². The summed E-state index contributed by atoms with van der Waals surface area (Å²) in [7, 11) is 0. The van der Waals surface area contributed by atoms with E-state index in [1.54, 1.807) is 11.8 Å². The number of benzene rings is 2. The summed E-state index contributed by atoms with van der Waals surface area (Å²) in [5, 5.41) is -0.0120. The molecule has 0 N–H and O–H groups in total. The van der Waals surface area contributed by atoms with Gasteiger partial charge in [-0.15, -0.1) is 11.8 Å². The van der Waals surface area contributed by atoms with Gasteiger partial charge in [-0.05, 0) is 25.0 Å². The van der Waals surface area contributed by atoms with Crippen LogP contribution in [0, 0.1) is 6.92 Å². The predicted molar refractivity (Wildman–Crippen MR) is 82.7 cm³/mol. The fourth-order valence-electron chi connectivity index (χ4n) is 1.90. The first-order valence-corrected chi connectivity index (χ1v) is 7.48. The molecule has 2 rings (SSSR count). The van der Waals surface area contributed by atoms with Gasteiger partial charge < -0.3 is 0 Å². The zero-order valence-corrected chi connectivity index (χ0v) is 12.1. The molecule has 2 aromatic rings. The van der Waals surface area contributed by atoms with Gasteiger partial charge in [0.15, 0.2) is 5.78 Å². The van der Waals surface area contributed by atoms with Crippen molar-refractivity contribution in [2.24, 2.45) is 0 Å². The van der Waals surface area contributed by atoms with Gasteiger partial charge in [0.2, 0.25) is 0 Å². The third-order valence-electron chi connectivity index (χ3n) is 3.18. The Bertz CT molecular complexity index is 548. The van der Waals surface area contributed by atoms with Crippen LogP contribution in [0.25, 0.3) is 0 Å². The molecule has 0 radical (unpaired) electrons. The van der Waals surface area contributed by atoms with Crippen LogP contribution in [0.15, 0.2) is 54.6 Å². The van der Waals surface area contributed by atoms with Crippen LogP contribution in [0.3, 0.4) is 0 Å². The Morgan fingerprint density at radius 1 is 1.05 bits per heavy atom.